The smallest absolute Gasteiger partial charge is 0.423 e. The van der Waals surface area contributed by atoms with Gasteiger partial charge in [-0.2, -0.15) is 0 Å². The summed E-state index contributed by atoms with van der Waals surface area (Å²) in [4.78, 5) is 14.2. The summed E-state index contributed by atoms with van der Waals surface area (Å²) >= 11 is 1.14. The van der Waals surface area contributed by atoms with Crippen molar-refractivity contribution in [2.75, 3.05) is 13.1 Å². The number of amides is 1. The number of carbonyl (C=O) groups excluding carboxylic acids is 1. The van der Waals surface area contributed by atoms with Crippen molar-refractivity contribution in [3.8, 4) is 0 Å². The molecule has 2 N–H and O–H groups in total. The molecule has 0 aromatic carbocycles. The van der Waals surface area contributed by atoms with Crippen LogP contribution in [0.15, 0.2) is 12.1 Å². The highest BCUT2D eigenvalue weighted by Gasteiger charge is 2.22. The van der Waals surface area contributed by atoms with E-state index >= 15 is 0 Å². The van der Waals surface area contributed by atoms with Gasteiger partial charge in [0, 0.05) is 17.9 Å². The number of thiophene rings is 1. The average molecular weight is 225 g/mol. The second-order valence-electron chi connectivity index (χ2n) is 3.57. The molecule has 15 heavy (non-hydrogen) atoms. The maximum atomic E-state index is 11.9. The number of rotatable bonds is 2. The minimum absolute atomic E-state index is 0.00407. The van der Waals surface area contributed by atoms with Gasteiger partial charge in [-0.15, -0.1) is 11.3 Å². The number of likely N-dealkylation sites (tertiary alicyclic amines) is 1. The summed E-state index contributed by atoms with van der Waals surface area (Å²) in [5, 5.41) is 17.9. The Labute approximate surface area is 92.3 Å². The summed E-state index contributed by atoms with van der Waals surface area (Å²) in [7, 11) is -1.48. The first-order valence-corrected chi connectivity index (χ1v) is 5.75. The van der Waals surface area contributed by atoms with Crippen molar-refractivity contribution < 1.29 is 14.8 Å². The van der Waals surface area contributed by atoms with Crippen LogP contribution in [0.25, 0.3) is 0 Å². The van der Waals surface area contributed by atoms with Crippen LogP contribution in [0.1, 0.15) is 22.5 Å². The lowest BCUT2D eigenvalue weighted by molar-refractivity contribution is 0.0797. The maximum Gasteiger partial charge on any atom is 0.499 e. The molecule has 2 heterocycles. The summed E-state index contributed by atoms with van der Waals surface area (Å²) in [6.07, 6.45) is 2.12. The first-order valence-electron chi connectivity index (χ1n) is 4.93. The van der Waals surface area contributed by atoms with E-state index in [0.29, 0.717) is 9.65 Å². The molecule has 6 heteroatoms. The quantitative estimate of drug-likeness (QED) is 0.677. The van der Waals surface area contributed by atoms with E-state index in [1.165, 1.54) is 0 Å². The normalized spacial score (nSPS) is 15.7. The summed E-state index contributed by atoms with van der Waals surface area (Å²) in [5.41, 5.74) is 0. The lowest BCUT2D eigenvalue weighted by atomic mass is 9.90. The van der Waals surface area contributed by atoms with E-state index in [4.69, 9.17) is 10.0 Å². The molecule has 1 aliphatic heterocycles. The van der Waals surface area contributed by atoms with E-state index in [0.717, 1.165) is 37.3 Å². The molecule has 0 bridgehead atoms. The fourth-order valence-corrected chi connectivity index (χ4v) is 2.53. The van der Waals surface area contributed by atoms with E-state index in [1.807, 2.05) is 0 Å². The van der Waals surface area contributed by atoms with Gasteiger partial charge >= 0.3 is 7.12 Å². The molecule has 0 unspecified atom stereocenters. The summed E-state index contributed by atoms with van der Waals surface area (Å²) in [6, 6.07) is 3.23. The van der Waals surface area contributed by atoms with Gasteiger partial charge in [0.1, 0.15) is 0 Å². The van der Waals surface area contributed by atoms with Crippen molar-refractivity contribution in [3.63, 3.8) is 0 Å². The number of carbonyl (C=O) groups is 1. The van der Waals surface area contributed by atoms with Gasteiger partial charge < -0.3 is 14.9 Å². The van der Waals surface area contributed by atoms with E-state index < -0.39 is 7.12 Å². The summed E-state index contributed by atoms with van der Waals surface area (Å²) in [5.74, 6) is 0.00407. The third kappa shape index (κ3) is 2.22. The van der Waals surface area contributed by atoms with Gasteiger partial charge in [0.15, 0.2) is 0 Å². The Kier molecular flexibility index (Phi) is 3.09. The minimum atomic E-state index is -1.48. The zero-order valence-corrected chi connectivity index (χ0v) is 9.04. The Balaban J connectivity index is 2.11. The zero-order chi connectivity index (χ0) is 10.8. The highest BCUT2D eigenvalue weighted by Crippen LogP contribution is 2.15. The predicted octanol–water partition coefficient (Wildman–Crippen LogP) is -0.336. The van der Waals surface area contributed by atoms with E-state index in [1.54, 1.807) is 17.0 Å². The van der Waals surface area contributed by atoms with Gasteiger partial charge in [-0.1, -0.05) is 6.07 Å². The molecule has 0 spiro atoms. The van der Waals surface area contributed by atoms with Crippen LogP contribution in [0.4, 0.5) is 0 Å². The Bertz CT molecular complexity index is 360. The average Bonchev–Trinajstić information content (AvgIpc) is 2.88. The van der Waals surface area contributed by atoms with Gasteiger partial charge in [-0.05, 0) is 18.9 Å². The highest BCUT2D eigenvalue weighted by molar-refractivity contribution is 7.23. The second-order valence-corrected chi connectivity index (χ2v) is 4.69. The van der Waals surface area contributed by atoms with Crippen LogP contribution in [-0.2, 0) is 0 Å². The monoisotopic (exact) mass is 225 g/mol. The molecular weight excluding hydrogens is 213 g/mol. The Morgan fingerprint density at radius 3 is 2.53 bits per heavy atom. The third-order valence-electron chi connectivity index (χ3n) is 2.49. The number of hydrogen-bond acceptors (Lipinski definition) is 4. The Morgan fingerprint density at radius 2 is 2.00 bits per heavy atom. The largest absolute Gasteiger partial charge is 0.499 e. The highest BCUT2D eigenvalue weighted by atomic mass is 32.1. The van der Waals surface area contributed by atoms with Crippen LogP contribution < -0.4 is 4.78 Å². The SMILES string of the molecule is O=C(c1ccc(B(O)O)s1)N1CCCC1. The van der Waals surface area contributed by atoms with Crippen LogP contribution in [-0.4, -0.2) is 41.1 Å². The molecule has 2 rings (SSSR count). The molecule has 1 aromatic rings. The van der Waals surface area contributed by atoms with E-state index in [2.05, 4.69) is 0 Å². The van der Waals surface area contributed by atoms with E-state index in [9.17, 15) is 4.79 Å². The van der Waals surface area contributed by atoms with Crippen molar-refractivity contribution in [2.24, 2.45) is 0 Å². The lowest BCUT2D eigenvalue weighted by Gasteiger charge is -2.13. The molecule has 1 aliphatic rings. The van der Waals surface area contributed by atoms with E-state index in [-0.39, 0.29) is 5.91 Å². The molecule has 0 saturated carbocycles. The number of hydrogen-bond donors (Lipinski definition) is 2. The first kappa shape index (κ1) is 10.7. The standard InChI is InChI=1S/C9H12BNO3S/c12-9(11-5-1-2-6-11)7-3-4-8(15-7)10(13)14/h3-4,13-14H,1-2,5-6H2. The summed E-state index contributed by atoms with van der Waals surface area (Å²) in [6.45, 7) is 1.63. The van der Waals surface area contributed by atoms with Crippen LogP contribution in [0, 0.1) is 0 Å². The fraction of sp³-hybridized carbons (Fsp3) is 0.444. The molecule has 0 aliphatic carbocycles. The van der Waals surface area contributed by atoms with Crippen molar-refractivity contribution in [3.05, 3.63) is 17.0 Å². The Morgan fingerprint density at radius 1 is 1.33 bits per heavy atom. The van der Waals surface area contributed by atoms with Gasteiger partial charge in [-0.25, -0.2) is 0 Å². The number of nitrogens with zero attached hydrogens (tertiary/aromatic N) is 1. The molecule has 80 valence electrons. The fourth-order valence-electron chi connectivity index (χ4n) is 1.68. The van der Waals surface area contributed by atoms with Crippen molar-refractivity contribution in [1.82, 2.24) is 4.90 Å². The van der Waals surface area contributed by atoms with Crippen LogP contribution in [0.3, 0.4) is 0 Å². The molecular formula is C9H12BNO3S. The van der Waals surface area contributed by atoms with Crippen molar-refractivity contribution >= 4 is 29.1 Å². The zero-order valence-electron chi connectivity index (χ0n) is 8.22. The molecule has 1 amide bonds. The van der Waals surface area contributed by atoms with Gasteiger partial charge in [0.2, 0.25) is 0 Å². The second kappa shape index (κ2) is 4.34. The first-order chi connectivity index (χ1) is 7.18. The molecule has 4 nitrogen and oxygen atoms in total. The molecule has 1 fully saturated rings. The van der Waals surface area contributed by atoms with Gasteiger partial charge in [-0.3, -0.25) is 4.79 Å². The molecule has 1 aromatic heterocycles. The van der Waals surface area contributed by atoms with Crippen molar-refractivity contribution in [1.29, 1.82) is 0 Å². The topological polar surface area (TPSA) is 60.8 Å². The molecule has 0 atom stereocenters. The van der Waals surface area contributed by atoms with Crippen LogP contribution in [0.5, 0.6) is 0 Å². The lowest BCUT2D eigenvalue weighted by Crippen LogP contribution is -2.28. The molecule has 0 radical (unpaired) electrons. The minimum Gasteiger partial charge on any atom is -0.423 e. The van der Waals surface area contributed by atoms with Gasteiger partial charge in [0.25, 0.3) is 5.91 Å². The van der Waals surface area contributed by atoms with Crippen LogP contribution >= 0.6 is 11.3 Å². The maximum absolute atomic E-state index is 11.9. The summed E-state index contributed by atoms with van der Waals surface area (Å²) < 4.78 is 0.414. The molecule has 1 saturated heterocycles. The van der Waals surface area contributed by atoms with Gasteiger partial charge in [0.05, 0.1) is 4.88 Å². The van der Waals surface area contributed by atoms with Crippen molar-refractivity contribution in [2.45, 2.75) is 12.8 Å². The van der Waals surface area contributed by atoms with Crippen LogP contribution in [0.2, 0.25) is 0 Å². The predicted molar refractivity (Wildman–Crippen MR) is 59.3 cm³/mol. The third-order valence-corrected chi connectivity index (χ3v) is 3.60. The Hall–Kier alpha value is -0.845.